The SMILES string of the molecule is CN(C)C[C@H]1CN(CCOCC(F)(F)F)CCO1. The number of ether oxygens (including phenoxy) is 2. The van der Waals surface area contributed by atoms with Crippen LogP contribution in [0.3, 0.4) is 0 Å². The van der Waals surface area contributed by atoms with Crippen LogP contribution in [0, 0.1) is 0 Å². The summed E-state index contributed by atoms with van der Waals surface area (Å²) in [5.41, 5.74) is 0. The zero-order valence-corrected chi connectivity index (χ0v) is 10.9. The third kappa shape index (κ3) is 7.15. The molecule has 0 unspecified atom stereocenters. The molecule has 1 atom stereocenters. The molecule has 1 aliphatic rings. The maximum Gasteiger partial charge on any atom is 0.411 e. The van der Waals surface area contributed by atoms with E-state index in [4.69, 9.17) is 4.74 Å². The Balaban J connectivity index is 2.14. The molecule has 1 heterocycles. The molecular formula is C11H21F3N2O2. The number of nitrogens with zero attached hydrogens (tertiary/aromatic N) is 2. The third-order valence-corrected chi connectivity index (χ3v) is 2.61. The van der Waals surface area contributed by atoms with E-state index in [1.165, 1.54) is 0 Å². The number of alkyl halides is 3. The summed E-state index contributed by atoms with van der Waals surface area (Å²) in [5.74, 6) is 0. The van der Waals surface area contributed by atoms with Crippen LogP contribution in [0.15, 0.2) is 0 Å². The van der Waals surface area contributed by atoms with Gasteiger partial charge < -0.3 is 14.4 Å². The standard InChI is InChI=1S/C11H21F3N2O2/c1-15(2)7-10-8-16(4-6-18-10)3-5-17-9-11(12,13)14/h10H,3-9H2,1-2H3/t10-/m0/s1. The predicted octanol–water partition coefficient (Wildman–Crippen LogP) is 0.828. The van der Waals surface area contributed by atoms with Crippen molar-refractivity contribution in [1.82, 2.24) is 9.80 Å². The molecule has 108 valence electrons. The van der Waals surface area contributed by atoms with Gasteiger partial charge in [-0.15, -0.1) is 0 Å². The van der Waals surface area contributed by atoms with Gasteiger partial charge in [-0.25, -0.2) is 0 Å². The van der Waals surface area contributed by atoms with E-state index in [2.05, 4.69) is 9.64 Å². The van der Waals surface area contributed by atoms with Gasteiger partial charge in [0.25, 0.3) is 0 Å². The lowest BCUT2D eigenvalue weighted by molar-refractivity contribution is -0.175. The van der Waals surface area contributed by atoms with Crippen LogP contribution in [-0.2, 0) is 9.47 Å². The van der Waals surface area contributed by atoms with E-state index < -0.39 is 12.8 Å². The van der Waals surface area contributed by atoms with Crippen molar-refractivity contribution in [1.29, 1.82) is 0 Å². The molecule has 0 spiro atoms. The van der Waals surface area contributed by atoms with Crippen LogP contribution in [0.1, 0.15) is 0 Å². The van der Waals surface area contributed by atoms with Crippen LogP contribution >= 0.6 is 0 Å². The lowest BCUT2D eigenvalue weighted by Crippen LogP contribution is -2.47. The van der Waals surface area contributed by atoms with E-state index in [0.29, 0.717) is 13.2 Å². The lowest BCUT2D eigenvalue weighted by atomic mass is 10.2. The van der Waals surface area contributed by atoms with Gasteiger partial charge in [0, 0.05) is 26.2 Å². The highest BCUT2D eigenvalue weighted by Gasteiger charge is 2.27. The first-order chi connectivity index (χ1) is 8.37. The van der Waals surface area contributed by atoms with Crippen molar-refractivity contribution in [2.75, 3.05) is 60.1 Å². The number of morpholine rings is 1. The van der Waals surface area contributed by atoms with Crippen LogP contribution in [-0.4, -0.2) is 82.2 Å². The van der Waals surface area contributed by atoms with Crippen molar-refractivity contribution in [3.8, 4) is 0 Å². The van der Waals surface area contributed by atoms with E-state index in [1.807, 2.05) is 19.0 Å². The Bertz CT molecular complexity index is 237. The average Bonchev–Trinajstić information content (AvgIpc) is 2.23. The van der Waals surface area contributed by atoms with Crippen LogP contribution in [0.5, 0.6) is 0 Å². The topological polar surface area (TPSA) is 24.9 Å². The average molecular weight is 270 g/mol. The van der Waals surface area contributed by atoms with Gasteiger partial charge in [-0.3, -0.25) is 4.90 Å². The second-order valence-corrected chi connectivity index (χ2v) is 4.72. The molecule has 0 amide bonds. The summed E-state index contributed by atoms with van der Waals surface area (Å²) in [4.78, 5) is 4.11. The normalized spacial score (nSPS) is 22.7. The largest absolute Gasteiger partial charge is 0.411 e. The summed E-state index contributed by atoms with van der Waals surface area (Å²) in [7, 11) is 3.93. The van der Waals surface area contributed by atoms with Gasteiger partial charge in [0.1, 0.15) is 6.61 Å². The van der Waals surface area contributed by atoms with Gasteiger partial charge in [0.05, 0.1) is 19.3 Å². The summed E-state index contributed by atoms with van der Waals surface area (Å²) in [5, 5.41) is 0. The summed E-state index contributed by atoms with van der Waals surface area (Å²) in [6.07, 6.45) is -4.12. The van der Waals surface area contributed by atoms with Gasteiger partial charge in [-0.2, -0.15) is 13.2 Å². The Morgan fingerprint density at radius 3 is 2.72 bits per heavy atom. The second kappa shape index (κ2) is 7.28. The van der Waals surface area contributed by atoms with E-state index in [0.717, 1.165) is 19.6 Å². The Labute approximate surface area is 106 Å². The number of rotatable bonds is 6. The van der Waals surface area contributed by atoms with Gasteiger partial charge >= 0.3 is 6.18 Å². The molecule has 1 fully saturated rings. The maximum absolute atomic E-state index is 11.9. The molecule has 0 N–H and O–H groups in total. The van der Waals surface area contributed by atoms with E-state index >= 15 is 0 Å². The van der Waals surface area contributed by atoms with Crippen molar-refractivity contribution >= 4 is 0 Å². The molecule has 0 radical (unpaired) electrons. The first-order valence-corrected chi connectivity index (χ1v) is 6.00. The van der Waals surface area contributed by atoms with Crippen molar-refractivity contribution in [3.63, 3.8) is 0 Å². The highest BCUT2D eigenvalue weighted by molar-refractivity contribution is 4.73. The minimum absolute atomic E-state index is 0.105. The van der Waals surface area contributed by atoms with Crippen LogP contribution in [0.25, 0.3) is 0 Å². The molecule has 0 aromatic heterocycles. The molecule has 0 saturated carbocycles. The monoisotopic (exact) mass is 270 g/mol. The molecule has 0 aromatic rings. The quantitative estimate of drug-likeness (QED) is 0.667. The second-order valence-electron chi connectivity index (χ2n) is 4.72. The molecule has 1 rings (SSSR count). The summed E-state index contributed by atoms with van der Waals surface area (Å²) < 4.78 is 45.8. The molecule has 0 aromatic carbocycles. The summed E-state index contributed by atoms with van der Waals surface area (Å²) in [6.45, 7) is 2.39. The Kier molecular flexibility index (Phi) is 6.34. The lowest BCUT2D eigenvalue weighted by Gasteiger charge is -2.34. The fourth-order valence-electron chi connectivity index (χ4n) is 1.88. The third-order valence-electron chi connectivity index (χ3n) is 2.61. The van der Waals surface area contributed by atoms with Crippen LogP contribution < -0.4 is 0 Å². The summed E-state index contributed by atoms with van der Waals surface area (Å²) >= 11 is 0. The maximum atomic E-state index is 11.9. The van der Waals surface area contributed by atoms with Crippen molar-refractivity contribution in [2.45, 2.75) is 12.3 Å². The first kappa shape index (κ1) is 15.7. The smallest absolute Gasteiger partial charge is 0.374 e. The molecule has 1 aliphatic heterocycles. The fraction of sp³-hybridized carbons (Fsp3) is 1.00. The minimum atomic E-state index is -4.24. The molecule has 0 bridgehead atoms. The first-order valence-electron chi connectivity index (χ1n) is 6.00. The van der Waals surface area contributed by atoms with Gasteiger partial charge in [0.2, 0.25) is 0 Å². The Morgan fingerprint density at radius 2 is 2.11 bits per heavy atom. The Morgan fingerprint density at radius 1 is 1.39 bits per heavy atom. The molecule has 18 heavy (non-hydrogen) atoms. The van der Waals surface area contributed by atoms with Gasteiger partial charge in [0.15, 0.2) is 0 Å². The molecule has 1 saturated heterocycles. The van der Waals surface area contributed by atoms with E-state index in [9.17, 15) is 13.2 Å². The van der Waals surface area contributed by atoms with E-state index in [1.54, 1.807) is 0 Å². The zero-order chi connectivity index (χ0) is 13.6. The Hall–Kier alpha value is -0.370. The van der Waals surface area contributed by atoms with Gasteiger partial charge in [-0.05, 0) is 14.1 Å². The van der Waals surface area contributed by atoms with Crippen molar-refractivity contribution in [3.05, 3.63) is 0 Å². The highest BCUT2D eigenvalue weighted by atomic mass is 19.4. The number of hydrogen-bond acceptors (Lipinski definition) is 4. The number of halogens is 3. The van der Waals surface area contributed by atoms with E-state index in [-0.39, 0.29) is 12.7 Å². The molecule has 0 aliphatic carbocycles. The van der Waals surface area contributed by atoms with Crippen molar-refractivity contribution in [2.24, 2.45) is 0 Å². The van der Waals surface area contributed by atoms with Gasteiger partial charge in [-0.1, -0.05) is 0 Å². The molecule has 7 heteroatoms. The number of likely N-dealkylation sites (N-methyl/N-ethyl adjacent to an activating group) is 1. The highest BCUT2D eigenvalue weighted by Crippen LogP contribution is 2.14. The predicted molar refractivity (Wildman–Crippen MR) is 61.6 cm³/mol. The summed E-state index contributed by atoms with van der Waals surface area (Å²) in [6, 6.07) is 0. The molecular weight excluding hydrogens is 249 g/mol. The minimum Gasteiger partial charge on any atom is -0.374 e. The van der Waals surface area contributed by atoms with Crippen molar-refractivity contribution < 1.29 is 22.6 Å². The molecule has 4 nitrogen and oxygen atoms in total. The number of hydrogen-bond donors (Lipinski definition) is 0. The fourth-order valence-corrected chi connectivity index (χ4v) is 1.88. The van der Waals surface area contributed by atoms with Crippen LogP contribution in [0.4, 0.5) is 13.2 Å². The zero-order valence-electron chi connectivity index (χ0n) is 10.9. The van der Waals surface area contributed by atoms with Crippen LogP contribution in [0.2, 0.25) is 0 Å².